The van der Waals surface area contributed by atoms with Crippen molar-refractivity contribution >= 4 is 29.4 Å². The Bertz CT molecular complexity index is 1420. The molecule has 1 aliphatic heterocycles. The van der Waals surface area contributed by atoms with Crippen molar-refractivity contribution in [3.63, 3.8) is 0 Å². The molecule has 0 saturated carbocycles. The van der Waals surface area contributed by atoms with Gasteiger partial charge in [0.05, 0.1) is 12.3 Å². The van der Waals surface area contributed by atoms with Crippen molar-refractivity contribution in [1.29, 1.82) is 0 Å². The fourth-order valence-electron chi connectivity index (χ4n) is 6.11. The van der Waals surface area contributed by atoms with Crippen LogP contribution in [-0.4, -0.2) is 24.2 Å². The number of unbranched alkanes of at least 4 members (excludes halogenated alkanes) is 15. The molecule has 3 aromatic carbocycles. The van der Waals surface area contributed by atoms with Crippen LogP contribution in [0.25, 0.3) is 6.08 Å². The van der Waals surface area contributed by atoms with Crippen LogP contribution >= 0.6 is 0 Å². The average Bonchev–Trinajstić information content (AvgIpc) is 3.46. The molecular formula is C43H53NO4. The minimum atomic E-state index is -0.265. The number of carbonyl (C=O) groups excluding carboxylic acids is 3. The van der Waals surface area contributed by atoms with Crippen molar-refractivity contribution in [1.82, 2.24) is 0 Å². The normalized spacial score (nSPS) is 12.8. The minimum absolute atomic E-state index is 0.0110. The van der Waals surface area contributed by atoms with Gasteiger partial charge in [0.2, 0.25) is 0 Å². The van der Waals surface area contributed by atoms with E-state index in [1.54, 1.807) is 6.08 Å². The molecule has 0 aliphatic carbocycles. The van der Waals surface area contributed by atoms with Crippen molar-refractivity contribution < 1.29 is 19.1 Å². The fourth-order valence-corrected chi connectivity index (χ4v) is 6.11. The Balaban J connectivity index is 0.877. The maximum atomic E-state index is 12.2. The number of allylic oxidation sites excluding steroid dienone is 1. The number of ether oxygens (including phenoxy) is 1. The van der Waals surface area contributed by atoms with E-state index >= 15 is 0 Å². The van der Waals surface area contributed by atoms with Crippen molar-refractivity contribution in [2.45, 2.75) is 109 Å². The highest BCUT2D eigenvalue weighted by molar-refractivity contribution is 6.28. The van der Waals surface area contributed by atoms with Crippen molar-refractivity contribution in [3.05, 3.63) is 114 Å². The van der Waals surface area contributed by atoms with Gasteiger partial charge in [-0.3, -0.25) is 14.4 Å². The lowest BCUT2D eigenvalue weighted by Gasteiger charge is -2.14. The van der Waals surface area contributed by atoms with Crippen LogP contribution in [0.15, 0.2) is 97.1 Å². The third kappa shape index (κ3) is 13.5. The van der Waals surface area contributed by atoms with E-state index in [0.717, 1.165) is 30.8 Å². The third-order valence-electron chi connectivity index (χ3n) is 9.00. The monoisotopic (exact) mass is 647 g/mol. The first-order valence-electron chi connectivity index (χ1n) is 18.3. The van der Waals surface area contributed by atoms with E-state index in [4.69, 9.17) is 4.74 Å². The molecule has 0 bridgehead atoms. The zero-order valence-corrected chi connectivity index (χ0v) is 28.6. The maximum absolute atomic E-state index is 12.2. The van der Waals surface area contributed by atoms with E-state index in [1.165, 1.54) is 119 Å². The molecule has 5 heteroatoms. The molecule has 4 rings (SSSR count). The largest absolute Gasteiger partial charge is 0.494 e. The summed E-state index contributed by atoms with van der Waals surface area (Å²) in [5, 5.41) is 0. The Morgan fingerprint density at radius 1 is 0.562 bits per heavy atom. The molecular weight excluding hydrogens is 594 g/mol. The second kappa shape index (κ2) is 21.6. The first kappa shape index (κ1) is 36.6. The zero-order valence-electron chi connectivity index (χ0n) is 28.6. The van der Waals surface area contributed by atoms with E-state index < -0.39 is 0 Å². The maximum Gasteiger partial charge on any atom is 0.258 e. The number of ketones is 1. The Labute approximate surface area is 288 Å². The van der Waals surface area contributed by atoms with Crippen LogP contribution in [-0.2, 0) is 16.0 Å². The lowest BCUT2D eigenvalue weighted by atomic mass is 10.0. The number of imide groups is 1. The SMILES string of the molecule is O=C(/C=C/c1ccc(OCCCCCCCCCCCCCCCCCCc2ccc(N3C(=O)C=CC3=O)cc2)cc1)c1ccccc1. The Hall–Kier alpha value is -4.25. The Morgan fingerprint density at radius 2 is 1.06 bits per heavy atom. The van der Waals surface area contributed by atoms with Gasteiger partial charge in [-0.15, -0.1) is 0 Å². The highest BCUT2D eigenvalue weighted by Crippen LogP contribution is 2.21. The molecule has 0 atom stereocenters. The predicted molar refractivity (Wildman–Crippen MR) is 197 cm³/mol. The summed E-state index contributed by atoms with van der Waals surface area (Å²) in [5.74, 6) is 0.364. The van der Waals surface area contributed by atoms with Gasteiger partial charge in [0.15, 0.2) is 5.78 Å². The van der Waals surface area contributed by atoms with Crippen molar-refractivity contribution in [2.24, 2.45) is 0 Å². The molecule has 5 nitrogen and oxygen atoms in total. The van der Waals surface area contributed by atoms with Gasteiger partial charge in [0.25, 0.3) is 11.8 Å². The second-order valence-corrected chi connectivity index (χ2v) is 12.9. The molecule has 0 aromatic heterocycles. The summed E-state index contributed by atoms with van der Waals surface area (Å²) in [6.45, 7) is 0.753. The molecule has 0 saturated heterocycles. The van der Waals surface area contributed by atoms with Crippen LogP contribution in [0.5, 0.6) is 5.75 Å². The van der Waals surface area contributed by atoms with Gasteiger partial charge in [-0.1, -0.05) is 151 Å². The number of amides is 2. The molecule has 0 fully saturated rings. The number of benzene rings is 3. The summed E-state index contributed by atoms with van der Waals surface area (Å²) < 4.78 is 5.91. The van der Waals surface area contributed by atoms with Crippen molar-refractivity contribution in [3.8, 4) is 5.75 Å². The van der Waals surface area contributed by atoms with Gasteiger partial charge in [0.1, 0.15) is 5.75 Å². The molecule has 1 aliphatic rings. The van der Waals surface area contributed by atoms with Gasteiger partial charge in [-0.2, -0.15) is 0 Å². The first-order chi connectivity index (χ1) is 23.6. The lowest BCUT2D eigenvalue weighted by Crippen LogP contribution is -2.29. The number of hydrogen-bond acceptors (Lipinski definition) is 4. The highest BCUT2D eigenvalue weighted by atomic mass is 16.5. The van der Waals surface area contributed by atoms with E-state index in [-0.39, 0.29) is 17.6 Å². The summed E-state index contributed by atoms with van der Waals surface area (Å²) in [5.41, 5.74) is 3.60. The van der Waals surface area contributed by atoms with Crippen LogP contribution in [0.2, 0.25) is 0 Å². The summed E-state index contributed by atoms with van der Waals surface area (Å²) in [4.78, 5) is 37.1. The van der Waals surface area contributed by atoms with E-state index in [1.807, 2.05) is 84.9 Å². The van der Waals surface area contributed by atoms with Crippen molar-refractivity contribution in [2.75, 3.05) is 11.5 Å². The molecule has 0 N–H and O–H groups in total. The number of aryl methyl sites for hydroxylation is 1. The van der Waals surface area contributed by atoms with E-state index in [0.29, 0.717) is 11.3 Å². The molecule has 0 radical (unpaired) electrons. The van der Waals surface area contributed by atoms with Gasteiger partial charge in [-0.25, -0.2) is 4.90 Å². The summed E-state index contributed by atoms with van der Waals surface area (Å²) in [6.07, 6.45) is 28.1. The lowest BCUT2D eigenvalue weighted by molar-refractivity contribution is -0.119. The Kier molecular flexibility index (Phi) is 16.5. The fraction of sp³-hybridized carbons (Fsp3) is 0.419. The number of rotatable bonds is 24. The van der Waals surface area contributed by atoms with Gasteiger partial charge in [0, 0.05) is 17.7 Å². The van der Waals surface area contributed by atoms with Crippen LogP contribution < -0.4 is 9.64 Å². The van der Waals surface area contributed by atoms with E-state index in [9.17, 15) is 14.4 Å². The topological polar surface area (TPSA) is 63.7 Å². The number of nitrogens with zero attached hydrogens (tertiary/aromatic N) is 1. The molecule has 3 aromatic rings. The first-order valence-corrected chi connectivity index (χ1v) is 18.3. The Morgan fingerprint density at radius 3 is 1.60 bits per heavy atom. The quantitative estimate of drug-likeness (QED) is 0.0420. The van der Waals surface area contributed by atoms with Gasteiger partial charge in [-0.05, 0) is 60.7 Å². The molecule has 0 spiro atoms. The summed E-state index contributed by atoms with van der Waals surface area (Å²) in [6, 6.07) is 25.1. The number of anilines is 1. The molecule has 48 heavy (non-hydrogen) atoms. The summed E-state index contributed by atoms with van der Waals surface area (Å²) >= 11 is 0. The predicted octanol–water partition coefficient (Wildman–Crippen LogP) is 10.9. The third-order valence-corrected chi connectivity index (χ3v) is 9.00. The van der Waals surface area contributed by atoms with Crippen LogP contribution in [0.1, 0.15) is 124 Å². The molecule has 2 amide bonds. The molecule has 254 valence electrons. The molecule has 1 heterocycles. The van der Waals surface area contributed by atoms with Gasteiger partial charge >= 0.3 is 0 Å². The van der Waals surface area contributed by atoms with Crippen LogP contribution in [0, 0.1) is 0 Å². The highest BCUT2D eigenvalue weighted by Gasteiger charge is 2.24. The standard InChI is InChI=1S/C43H53NO4/c45-41(38-21-17-15-18-22-38)32-27-37-25-30-40(31-26-37)48-35-19-14-12-10-8-6-4-2-1-3-5-7-9-11-13-16-20-36-23-28-39(29-24-36)44-42(46)33-34-43(44)47/h15,17-18,21-34H,1-14,16,19-20,35H2/b32-27+. The molecule has 0 unspecified atom stereocenters. The smallest absolute Gasteiger partial charge is 0.258 e. The second-order valence-electron chi connectivity index (χ2n) is 12.9. The average molecular weight is 648 g/mol. The van der Waals surface area contributed by atoms with Crippen LogP contribution in [0.3, 0.4) is 0 Å². The summed E-state index contributed by atoms with van der Waals surface area (Å²) in [7, 11) is 0. The minimum Gasteiger partial charge on any atom is -0.494 e. The number of carbonyl (C=O) groups is 3. The number of hydrogen-bond donors (Lipinski definition) is 0. The van der Waals surface area contributed by atoms with Crippen LogP contribution in [0.4, 0.5) is 5.69 Å². The van der Waals surface area contributed by atoms with E-state index in [2.05, 4.69) is 0 Å². The zero-order chi connectivity index (χ0) is 33.7. The van der Waals surface area contributed by atoms with Gasteiger partial charge < -0.3 is 4.74 Å².